The normalized spacial score (nSPS) is 13.6. The van der Waals surface area contributed by atoms with Gasteiger partial charge in [0.05, 0.1) is 0 Å². The van der Waals surface area contributed by atoms with Gasteiger partial charge in [0.25, 0.3) is 0 Å². The zero-order valence-electron chi connectivity index (χ0n) is 11.7. The summed E-state index contributed by atoms with van der Waals surface area (Å²) in [5.74, 6) is -0.0651. The van der Waals surface area contributed by atoms with Crippen LogP contribution in [-0.2, 0) is 16.0 Å². The van der Waals surface area contributed by atoms with Gasteiger partial charge in [-0.25, -0.2) is 0 Å². The summed E-state index contributed by atoms with van der Waals surface area (Å²) in [5.41, 5.74) is 2.19. The maximum absolute atomic E-state index is 12.4. The topological polar surface area (TPSA) is 40.6 Å². The molecule has 0 radical (unpaired) electrons. The van der Waals surface area contributed by atoms with Crippen molar-refractivity contribution in [2.24, 2.45) is 0 Å². The molecule has 1 aliphatic heterocycles. The van der Waals surface area contributed by atoms with Gasteiger partial charge in [0, 0.05) is 25.2 Å². The summed E-state index contributed by atoms with van der Waals surface area (Å²) in [6.45, 7) is 6.22. The first-order chi connectivity index (χ1) is 9.00. The second-order valence-corrected chi connectivity index (χ2v) is 5.16. The first kappa shape index (κ1) is 13.6. The molecule has 2 rings (SSSR count). The molecule has 0 aromatic heterocycles. The first-order valence-corrected chi connectivity index (χ1v) is 6.66. The Hall–Kier alpha value is -1.84. The highest BCUT2D eigenvalue weighted by atomic mass is 16.2. The van der Waals surface area contributed by atoms with Crippen molar-refractivity contribution in [3.05, 3.63) is 29.8 Å². The number of carbonyl (C=O) groups excluding carboxylic acids is 2. The van der Waals surface area contributed by atoms with Crippen LogP contribution in [0, 0.1) is 0 Å². The second kappa shape index (κ2) is 5.43. The maximum Gasteiger partial charge on any atom is 0.246 e. The van der Waals surface area contributed by atoms with E-state index in [0.29, 0.717) is 6.54 Å². The van der Waals surface area contributed by atoms with Crippen molar-refractivity contribution in [1.29, 1.82) is 0 Å². The van der Waals surface area contributed by atoms with E-state index in [0.717, 1.165) is 12.1 Å². The van der Waals surface area contributed by atoms with Crippen molar-refractivity contribution in [2.45, 2.75) is 33.2 Å². The SMILES string of the molecule is CC(=O)N(CC(=O)N1CCc2ccccc21)C(C)C. The van der Waals surface area contributed by atoms with E-state index in [1.54, 1.807) is 9.80 Å². The van der Waals surface area contributed by atoms with Crippen LogP contribution < -0.4 is 4.90 Å². The van der Waals surface area contributed by atoms with Gasteiger partial charge in [0.1, 0.15) is 6.54 Å². The fourth-order valence-electron chi connectivity index (χ4n) is 2.49. The van der Waals surface area contributed by atoms with Gasteiger partial charge in [-0.05, 0) is 31.9 Å². The highest BCUT2D eigenvalue weighted by molar-refractivity contribution is 5.98. The lowest BCUT2D eigenvalue weighted by molar-refractivity contribution is -0.135. The van der Waals surface area contributed by atoms with E-state index in [2.05, 4.69) is 0 Å². The predicted octanol–water partition coefficient (Wildman–Crippen LogP) is 1.83. The molecule has 0 unspecified atom stereocenters. The molecule has 0 atom stereocenters. The number of para-hydroxylation sites is 1. The molecule has 1 heterocycles. The van der Waals surface area contributed by atoms with Gasteiger partial charge in [0.2, 0.25) is 11.8 Å². The van der Waals surface area contributed by atoms with Crippen LogP contribution in [0.4, 0.5) is 5.69 Å². The van der Waals surface area contributed by atoms with Gasteiger partial charge in [-0.3, -0.25) is 9.59 Å². The van der Waals surface area contributed by atoms with Gasteiger partial charge in [-0.2, -0.15) is 0 Å². The summed E-state index contributed by atoms with van der Waals surface area (Å²) >= 11 is 0. The fraction of sp³-hybridized carbons (Fsp3) is 0.467. The molecule has 19 heavy (non-hydrogen) atoms. The van der Waals surface area contributed by atoms with Gasteiger partial charge in [-0.1, -0.05) is 18.2 Å². The highest BCUT2D eigenvalue weighted by Gasteiger charge is 2.26. The molecule has 4 heteroatoms. The Bertz CT molecular complexity index is 497. The summed E-state index contributed by atoms with van der Waals surface area (Å²) in [4.78, 5) is 27.3. The lowest BCUT2D eigenvalue weighted by Crippen LogP contribution is -2.44. The van der Waals surface area contributed by atoms with Crippen LogP contribution in [0.2, 0.25) is 0 Å². The lowest BCUT2D eigenvalue weighted by atomic mass is 10.2. The van der Waals surface area contributed by atoms with Gasteiger partial charge >= 0.3 is 0 Å². The summed E-state index contributed by atoms with van der Waals surface area (Å²) in [5, 5.41) is 0. The molecule has 0 spiro atoms. The molecule has 0 saturated carbocycles. The standard InChI is InChI=1S/C15H20N2O2/c1-11(2)17(12(3)18)10-15(19)16-9-8-13-6-4-5-7-14(13)16/h4-7,11H,8-10H2,1-3H3. The zero-order valence-corrected chi connectivity index (χ0v) is 11.7. The molecule has 2 amide bonds. The van der Waals surface area contributed by atoms with Crippen molar-refractivity contribution in [1.82, 2.24) is 4.90 Å². The lowest BCUT2D eigenvalue weighted by Gasteiger charge is -2.27. The number of nitrogens with zero attached hydrogens (tertiary/aromatic N) is 2. The third-order valence-electron chi connectivity index (χ3n) is 3.52. The van der Waals surface area contributed by atoms with E-state index in [-0.39, 0.29) is 24.4 Å². The molecule has 1 aromatic rings. The Morgan fingerprint density at radius 1 is 1.32 bits per heavy atom. The minimum atomic E-state index is -0.0594. The van der Waals surface area contributed by atoms with E-state index in [1.165, 1.54) is 12.5 Å². The van der Waals surface area contributed by atoms with Crippen LogP contribution >= 0.6 is 0 Å². The molecule has 1 aromatic carbocycles. The van der Waals surface area contributed by atoms with E-state index in [9.17, 15) is 9.59 Å². The minimum absolute atomic E-state index is 0.00569. The Morgan fingerprint density at radius 3 is 2.63 bits per heavy atom. The molecule has 0 N–H and O–H groups in total. The van der Waals surface area contributed by atoms with Gasteiger partial charge in [-0.15, -0.1) is 0 Å². The van der Waals surface area contributed by atoms with Crippen molar-refractivity contribution >= 4 is 17.5 Å². The zero-order chi connectivity index (χ0) is 14.0. The Labute approximate surface area is 114 Å². The molecule has 4 nitrogen and oxygen atoms in total. The third-order valence-corrected chi connectivity index (χ3v) is 3.52. The average molecular weight is 260 g/mol. The number of hydrogen-bond donors (Lipinski definition) is 0. The fourth-order valence-corrected chi connectivity index (χ4v) is 2.49. The van der Waals surface area contributed by atoms with Crippen LogP contribution in [0.5, 0.6) is 0 Å². The van der Waals surface area contributed by atoms with Crippen LogP contribution in [0.1, 0.15) is 26.3 Å². The molecular formula is C15H20N2O2. The largest absolute Gasteiger partial charge is 0.331 e. The number of amides is 2. The van der Waals surface area contributed by atoms with E-state index >= 15 is 0 Å². The molecule has 102 valence electrons. The van der Waals surface area contributed by atoms with Crippen molar-refractivity contribution in [3.8, 4) is 0 Å². The number of anilines is 1. The number of fused-ring (bicyclic) bond motifs is 1. The van der Waals surface area contributed by atoms with E-state index in [4.69, 9.17) is 0 Å². The van der Waals surface area contributed by atoms with Gasteiger partial charge < -0.3 is 9.80 Å². The summed E-state index contributed by atoms with van der Waals surface area (Å²) < 4.78 is 0. The second-order valence-electron chi connectivity index (χ2n) is 5.16. The highest BCUT2D eigenvalue weighted by Crippen LogP contribution is 2.27. The first-order valence-electron chi connectivity index (χ1n) is 6.66. The van der Waals surface area contributed by atoms with E-state index in [1.807, 2.05) is 38.1 Å². The maximum atomic E-state index is 12.4. The molecule has 1 aliphatic rings. The summed E-state index contributed by atoms with van der Waals surface area (Å²) in [6, 6.07) is 7.99. The van der Waals surface area contributed by atoms with Crippen molar-refractivity contribution in [2.75, 3.05) is 18.0 Å². The summed E-state index contributed by atoms with van der Waals surface area (Å²) in [6.07, 6.45) is 0.893. The Kier molecular flexibility index (Phi) is 3.88. The molecule has 0 fully saturated rings. The number of rotatable bonds is 3. The molecule has 0 aliphatic carbocycles. The molecule has 0 bridgehead atoms. The quantitative estimate of drug-likeness (QED) is 0.832. The summed E-state index contributed by atoms with van der Waals surface area (Å²) in [7, 11) is 0. The minimum Gasteiger partial charge on any atom is -0.331 e. The van der Waals surface area contributed by atoms with Crippen molar-refractivity contribution < 1.29 is 9.59 Å². The monoisotopic (exact) mass is 260 g/mol. The Morgan fingerprint density at radius 2 is 2.00 bits per heavy atom. The predicted molar refractivity (Wildman–Crippen MR) is 75.0 cm³/mol. The molecular weight excluding hydrogens is 240 g/mol. The average Bonchev–Trinajstić information content (AvgIpc) is 2.78. The van der Waals surface area contributed by atoms with Crippen molar-refractivity contribution in [3.63, 3.8) is 0 Å². The number of carbonyl (C=O) groups is 2. The van der Waals surface area contributed by atoms with Crippen LogP contribution in [-0.4, -0.2) is 35.8 Å². The Balaban J connectivity index is 2.12. The number of benzene rings is 1. The van der Waals surface area contributed by atoms with Crippen LogP contribution in [0.15, 0.2) is 24.3 Å². The van der Waals surface area contributed by atoms with Crippen LogP contribution in [0.3, 0.4) is 0 Å². The van der Waals surface area contributed by atoms with Crippen LogP contribution in [0.25, 0.3) is 0 Å². The number of hydrogen-bond acceptors (Lipinski definition) is 2. The van der Waals surface area contributed by atoms with E-state index < -0.39 is 0 Å². The third kappa shape index (κ3) is 2.78. The smallest absolute Gasteiger partial charge is 0.246 e. The molecule has 0 saturated heterocycles. The van der Waals surface area contributed by atoms with Gasteiger partial charge in [0.15, 0.2) is 0 Å².